The maximum Gasteiger partial charge on any atom is 0.472 e. The van der Waals surface area contributed by atoms with Gasteiger partial charge in [0.15, 0.2) is 0 Å². The molecule has 0 aromatic heterocycles. The first-order chi connectivity index (χ1) is 23.7. The van der Waals surface area contributed by atoms with E-state index in [-0.39, 0.29) is 13.0 Å². The van der Waals surface area contributed by atoms with Crippen LogP contribution >= 0.6 is 7.82 Å². The molecule has 0 bridgehead atoms. The minimum Gasteiger partial charge on any atom is -0.480 e. The third-order valence-corrected chi connectivity index (χ3v) is 8.59. The molecule has 4 N–H and O–H groups in total. The lowest BCUT2D eigenvalue weighted by molar-refractivity contribution is -0.154. The number of hydrogen-bond acceptors (Lipinski definition) is 8. The number of aliphatic carboxylic acids is 1. The first-order valence-corrected chi connectivity index (χ1v) is 20.2. The molecule has 3 unspecified atom stereocenters. The number of phosphoric ester groups is 1. The molecular weight excluding hydrogens is 645 g/mol. The van der Waals surface area contributed by atoms with Crippen molar-refractivity contribution < 1.29 is 42.7 Å². The molecule has 0 fully saturated rings. The molecule has 11 heteroatoms. The van der Waals surface area contributed by atoms with Crippen molar-refractivity contribution in [1.82, 2.24) is 0 Å². The van der Waals surface area contributed by atoms with Crippen LogP contribution in [0.2, 0.25) is 0 Å². The molecule has 0 saturated heterocycles. The minimum absolute atomic E-state index is 0.0111. The zero-order chi connectivity index (χ0) is 36.3. The number of carbonyl (C=O) groups is 2. The van der Waals surface area contributed by atoms with Crippen LogP contribution in [0, 0.1) is 0 Å². The van der Waals surface area contributed by atoms with Crippen molar-refractivity contribution in [2.24, 2.45) is 5.73 Å². The number of unbranched alkanes of at least 4 members (excludes halogenated alkanes) is 13. The Hall–Kier alpha value is -2.07. The lowest BCUT2D eigenvalue weighted by atomic mass is 10.0. The molecule has 0 heterocycles. The number of carbonyl (C=O) groups excluding carboxylic acids is 1. The first-order valence-electron chi connectivity index (χ1n) is 18.7. The van der Waals surface area contributed by atoms with Gasteiger partial charge in [0.25, 0.3) is 0 Å². The van der Waals surface area contributed by atoms with Crippen LogP contribution in [0.1, 0.15) is 142 Å². The van der Waals surface area contributed by atoms with E-state index in [1.54, 1.807) is 0 Å². The Labute approximate surface area is 297 Å². The van der Waals surface area contributed by atoms with Crippen molar-refractivity contribution in [2.45, 2.75) is 154 Å². The van der Waals surface area contributed by atoms with E-state index in [4.69, 9.17) is 24.8 Å². The number of rotatable bonds is 35. The smallest absolute Gasteiger partial charge is 0.472 e. The molecular formula is C38H68NO9P. The van der Waals surface area contributed by atoms with Gasteiger partial charge in [-0.05, 0) is 38.5 Å². The Kier molecular flexibility index (Phi) is 32.9. The van der Waals surface area contributed by atoms with E-state index in [9.17, 15) is 19.0 Å². The number of hydrogen-bond donors (Lipinski definition) is 3. The van der Waals surface area contributed by atoms with E-state index in [1.807, 2.05) is 12.2 Å². The summed E-state index contributed by atoms with van der Waals surface area (Å²) in [5, 5.41) is 8.85. The second kappa shape index (κ2) is 34.4. The van der Waals surface area contributed by atoms with Crippen molar-refractivity contribution >= 4 is 19.8 Å². The van der Waals surface area contributed by atoms with E-state index in [1.165, 1.54) is 70.6 Å². The van der Waals surface area contributed by atoms with Crippen molar-refractivity contribution in [3.8, 4) is 0 Å². The van der Waals surface area contributed by atoms with Crippen LogP contribution in [0.3, 0.4) is 0 Å². The summed E-state index contributed by atoms with van der Waals surface area (Å²) < 4.78 is 33.1. The van der Waals surface area contributed by atoms with Crippen LogP contribution in [0.4, 0.5) is 0 Å². The zero-order valence-corrected chi connectivity index (χ0v) is 31.4. The van der Waals surface area contributed by atoms with Gasteiger partial charge in [-0.2, -0.15) is 0 Å². The highest BCUT2D eigenvalue weighted by Gasteiger charge is 2.27. The average molecular weight is 714 g/mol. The molecule has 0 amide bonds. The van der Waals surface area contributed by atoms with Crippen LogP contribution < -0.4 is 5.73 Å². The molecule has 0 rings (SSSR count). The van der Waals surface area contributed by atoms with Gasteiger partial charge in [0.1, 0.15) is 12.1 Å². The standard InChI is InChI=1S/C38H68NO9P/c1-3-5-7-9-11-13-15-17-19-21-23-25-27-29-31-45-32-35(33-46-49(43,44)47-34-36(39)38(41)42)48-37(40)30-28-26-24-22-20-18-16-14-12-10-8-6-4-2/h6,8,12,14,18,20,24,26,35-36H,3-5,7,9-11,13,15-17,19,21-23,25,27-34,39H2,1-2H3,(H,41,42)(H,43,44)/b8-6-,14-12-,20-18-,26-24-. The average Bonchev–Trinajstić information content (AvgIpc) is 3.07. The van der Waals surface area contributed by atoms with Crippen LogP contribution in [0.15, 0.2) is 48.6 Å². The third kappa shape index (κ3) is 34.2. The summed E-state index contributed by atoms with van der Waals surface area (Å²) in [6.45, 7) is 3.66. The fourth-order valence-electron chi connectivity index (χ4n) is 4.73. The summed E-state index contributed by atoms with van der Waals surface area (Å²) in [4.78, 5) is 33.3. The lowest BCUT2D eigenvalue weighted by Crippen LogP contribution is -2.34. The largest absolute Gasteiger partial charge is 0.480 e. The van der Waals surface area contributed by atoms with Crippen LogP contribution in [-0.2, 0) is 32.7 Å². The van der Waals surface area contributed by atoms with Gasteiger partial charge in [0, 0.05) is 13.0 Å². The van der Waals surface area contributed by atoms with Gasteiger partial charge < -0.3 is 25.2 Å². The predicted molar refractivity (Wildman–Crippen MR) is 198 cm³/mol. The van der Waals surface area contributed by atoms with Crippen LogP contribution in [-0.4, -0.2) is 60.5 Å². The van der Waals surface area contributed by atoms with Crippen molar-refractivity contribution in [3.05, 3.63) is 48.6 Å². The topological polar surface area (TPSA) is 155 Å². The molecule has 0 spiro atoms. The number of phosphoric acid groups is 1. The third-order valence-electron chi connectivity index (χ3n) is 7.64. The highest BCUT2D eigenvalue weighted by molar-refractivity contribution is 7.47. The fraction of sp³-hybridized carbons (Fsp3) is 0.737. The van der Waals surface area contributed by atoms with E-state index < -0.39 is 45.1 Å². The summed E-state index contributed by atoms with van der Waals surface area (Å²) in [5.74, 6) is -1.87. The van der Waals surface area contributed by atoms with Gasteiger partial charge in [0.05, 0.1) is 19.8 Å². The molecule has 0 aliphatic carbocycles. The minimum atomic E-state index is -4.63. The predicted octanol–water partition coefficient (Wildman–Crippen LogP) is 9.53. The normalized spacial score (nSPS) is 14.7. The Morgan fingerprint density at radius 3 is 1.65 bits per heavy atom. The lowest BCUT2D eigenvalue weighted by Gasteiger charge is -2.20. The van der Waals surface area contributed by atoms with Crippen molar-refractivity contribution in [3.63, 3.8) is 0 Å². The maximum atomic E-state index is 12.5. The van der Waals surface area contributed by atoms with Crippen LogP contribution in [0.5, 0.6) is 0 Å². The Balaban J connectivity index is 4.42. The van der Waals surface area contributed by atoms with Gasteiger partial charge in [0.2, 0.25) is 0 Å². The first kappa shape index (κ1) is 46.9. The van der Waals surface area contributed by atoms with E-state index in [0.29, 0.717) is 13.0 Å². The molecule has 284 valence electrons. The number of allylic oxidation sites excluding steroid dienone is 8. The highest BCUT2D eigenvalue weighted by Crippen LogP contribution is 2.43. The number of carboxylic acid groups (broad SMARTS) is 1. The zero-order valence-electron chi connectivity index (χ0n) is 30.5. The van der Waals surface area contributed by atoms with Gasteiger partial charge in [-0.15, -0.1) is 0 Å². The number of esters is 1. The van der Waals surface area contributed by atoms with E-state index >= 15 is 0 Å². The number of ether oxygens (including phenoxy) is 2. The monoisotopic (exact) mass is 713 g/mol. The highest BCUT2D eigenvalue weighted by atomic mass is 31.2. The number of nitrogens with two attached hydrogens (primary N) is 1. The van der Waals surface area contributed by atoms with Gasteiger partial charge >= 0.3 is 19.8 Å². The molecule has 49 heavy (non-hydrogen) atoms. The molecule has 0 radical (unpaired) electrons. The molecule has 0 saturated carbocycles. The fourth-order valence-corrected chi connectivity index (χ4v) is 5.51. The Bertz CT molecular complexity index is 967. The molecule has 0 aromatic rings. The van der Waals surface area contributed by atoms with Crippen molar-refractivity contribution in [2.75, 3.05) is 26.4 Å². The summed E-state index contributed by atoms with van der Waals surface area (Å²) in [7, 11) is -4.63. The summed E-state index contributed by atoms with van der Waals surface area (Å²) >= 11 is 0. The molecule has 0 aromatic carbocycles. The molecule has 10 nitrogen and oxygen atoms in total. The van der Waals surface area contributed by atoms with Gasteiger partial charge in [-0.3, -0.25) is 18.6 Å². The van der Waals surface area contributed by atoms with Crippen LogP contribution in [0.25, 0.3) is 0 Å². The quantitative estimate of drug-likeness (QED) is 0.0250. The summed E-state index contributed by atoms with van der Waals surface area (Å²) in [6, 6.07) is -1.48. The van der Waals surface area contributed by atoms with Gasteiger partial charge in [-0.25, -0.2) is 4.57 Å². The Morgan fingerprint density at radius 2 is 1.14 bits per heavy atom. The molecule has 3 atom stereocenters. The maximum absolute atomic E-state index is 12.5. The van der Waals surface area contributed by atoms with E-state index in [2.05, 4.69) is 54.8 Å². The number of carboxylic acids is 1. The summed E-state index contributed by atoms with van der Waals surface area (Å²) in [6.07, 6.45) is 37.6. The van der Waals surface area contributed by atoms with Gasteiger partial charge in [-0.1, -0.05) is 146 Å². The molecule has 0 aliphatic rings. The summed E-state index contributed by atoms with van der Waals surface area (Å²) in [5.41, 5.74) is 5.33. The van der Waals surface area contributed by atoms with E-state index in [0.717, 1.165) is 44.9 Å². The SMILES string of the molecule is CC/C=C\C/C=C\C/C=C\C/C=C\CCC(=O)OC(COCCCCCCCCCCCCCCCC)COP(=O)(O)OCC(N)C(=O)O. The second-order valence-corrected chi connectivity index (χ2v) is 13.8. The van der Waals surface area contributed by atoms with Crippen molar-refractivity contribution in [1.29, 1.82) is 0 Å². The molecule has 0 aliphatic heterocycles. The second-order valence-electron chi connectivity index (χ2n) is 12.3. The Morgan fingerprint density at radius 1 is 0.673 bits per heavy atom.